The Labute approximate surface area is 204 Å². The van der Waals surface area contributed by atoms with E-state index in [2.05, 4.69) is 25.6 Å². The first kappa shape index (κ1) is 24.3. The molecule has 3 heterocycles. The van der Waals surface area contributed by atoms with Crippen molar-refractivity contribution in [3.63, 3.8) is 0 Å². The fourth-order valence-corrected chi connectivity index (χ4v) is 3.74. The molecule has 12 heteroatoms. The molecular weight excluding hydrogens is 482 g/mol. The van der Waals surface area contributed by atoms with Gasteiger partial charge in [0.25, 0.3) is 5.89 Å². The Morgan fingerprint density at radius 2 is 2.06 bits per heavy atom. The van der Waals surface area contributed by atoms with Gasteiger partial charge in [-0.2, -0.15) is 5.10 Å². The van der Waals surface area contributed by atoms with Gasteiger partial charge in [-0.1, -0.05) is 17.7 Å². The third-order valence-corrected chi connectivity index (χ3v) is 5.63. The molecule has 0 spiro atoms. The van der Waals surface area contributed by atoms with Crippen molar-refractivity contribution in [1.82, 2.24) is 30.3 Å². The minimum Gasteiger partial charge on any atom is -0.478 e. The summed E-state index contributed by atoms with van der Waals surface area (Å²) in [6, 6.07) is 8.07. The van der Waals surface area contributed by atoms with Crippen LogP contribution in [0, 0.1) is 11.6 Å². The van der Waals surface area contributed by atoms with Crippen LogP contribution >= 0.6 is 11.6 Å². The summed E-state index contributed by atoms with van der Waals surface area (Å²) in [6.07, 6.45) is 1.64. The van der Waals surface area contributed by atoms with E-state index >= 15 is 0 Å². The van der Waals surface area contributed by atoms with Crippen LogP contribution < -0.4 is 10.1 Å². The molecule has 1 aromatic carbocycles. The second-order valence-electron chi connectivity index (χ2n) is 7.82. The van der Waals surface area contributed by atoms with Gasteiger partial charge in [0.2, 0.25) is 5.88 Å². The zero-order valence-corrected chi connectivity index (χ0v) is 19.8. The molecule has 0 aliphatic rings. The Hall–Kier alpha value is -3.86. The number of amides is 1. The molecule has 9 nitrogen and oxygen atoms in total. The van der Waals surface area contributed by atoms with Crippen molar-refractivity contribution in [2.75, 3.05) is 13.2 Å². The van der Waals surface area contributed by atoms with E-state index in [1.807, 2.05) is 13.8 Å². The average molecular weight is 503 g/mol. The van der Waals surface area contributed by atoms with Crippen molar-refractivity contribution in [2.24, 2.45) is 7.05 Å². The second-order valence-corrected chi connectivity index (χ2v) is 8.20. The number of nitrogens with zero attached hydrogens (tertiary/aromatic N) is 5. The van der Waals surface area contributed by atoms with Gasteiger partial charge in [-0.3, -0.25) is 4.79 Å². The Morgan fingerprint density at radius 1 is 1.26 bits per heavy atom. The fraction of sp³-hybridized carbons (Fsp3) is 0.261. The van der Waals surface area contributed by atoms with Crippen molar-refractivity contribution in [3.8, 4) is 17.3 Å². The summed E-state index contributed by atoms with van der Waals surface area (Å²) >= 11 is 6.15. The number of nitrogens with one attached hydrogen (secondary N) is 1. The third kappa shape index (κ3) is 4.85. The van der Waals surface area contributed by atoms with Crippen LogP contribution in [0.2, 0.25) is 5.15 Å². The predicted octanol–water partition coefficient (Wildman–Crippen LogP) is 3.93. The Balaban J connectivity index is 1.63. The van der Waals surface area contributed by atoms with Gasteiger partial charge in [-0.15, -0.1) is 10.2 Å². The molecule has 1 atom stereocenters. The van der Waals surface area contributed by atoms with E-state index in [1.165, 1.54) is 0 Å². The molecule has 0 saturated carbocycles. The highest BCUT2D eigenvalue weighted by molar-refractivity contribution is 6.29. The van der Waals surface area contributed by atoms with Crippen LogP contribution in [0.4, 0.5) is 8.78 Å². The van der Waals surface area contributed by atoms with Gasteiger partial charge in [0.15, 0.2) is 0 Å². The van der Waals surface area contributed by atoms with Gasteiger partial charge >= 0.3 is 11.8 Å². The molecular formula is C23H21ClF2N6O3. The number of benzene rings is 1. The zero-order valence-electron chi connectivity index (χ0n) is 19.1. The van der Waals surface area contributed by atoms with E-state index in [4.69, 9.17) is 20.8 Å². The van der Waals surface area contributed by atoms with Crippen molar-refractivity contribution >= 4 is 17.5 Å². The third-order valence-electron chi connectivity index (χ3n) is 5.42. The first-order valence-electron chi connectivity index (χ1n) is 10.6. The van der Waals surface area contributed by atoms with E-state index in [0.717, 1.165) is 12.1 Å². The quantitative estimate of drug-likeness (QED) is 0.364. The van der Waals surface area contributed by atoms with E-state index in [1.54, 1.807) is 36.1 Å². The Morgan fingerprint density at radius 3 is 2.77 bits per heavy atom. The number of pyridine rings is 1. The minimum absolute atomic E-state index is 0.0353. The van der Waals surface area contributed by atoms with E-state index in [0.29, 0.717) is 29.8 Å². The maximum atomic E-state index is 14.1. The van der Waals surface area contributed by atoms with E-state index in [9.17, 15) is 13.6 Å². The summed E-state index contributed by atoms with van der Waals surface area (Å²) in [5.41, 5.74) is 0.212. The second kappa shape index (κ2) is 9.79. The predicted molar refractivity (Wildman–Crippen MR) is 122 cm³/mol. The van der Waals surface area contributed by atoms with Crippen molar-refractivity contribution in [1.29, 1.82) is 0 Å². The number of rotatable bonds is 8. The van der Waals surface area contributed by atoms with Crippen LogP contribution in [0.25, 0.3) is 11.5 Å². The molecule has 1 amide bonds. The number of carbonyl (C=O) groups is 1. The summed E-state index contributed by atoms with van der Waals surface area (Å²) in [5.74, 6) is -2.46. The molecule has 0 aliphatic heterocycles. The highest BCUT2D eigenvalue weighted by Gasteiger charge is 2.37. The van der Waals surface area contributed by atoms with Crippen LogP contribution in [0.5, 0.6) is 5.88 Å². The number of carbonyl (C=O) groups excluding carboxylic acids is 1. The summed E-state index contributed by atoms with van der Waals surface area (Å²) in [6.45, 7) is 4.15. The lowest BCUT2D eigenvalue weighted by Gasteiger charge is -2.29. The molecule has 182 valence electrons. The van der Waals surface area contributed by atoms with Gasteiger partial charge in [-0.25, -0.2) is 18.4 Å². The molecule has 0 fully saturated rings. The lowest BCUT2D eigenvalue weighted by Crippen LogP contribution is -2.40. The molecule has 3 aromatic heterocycles. The van der Waals surface area contributed by atoms with Crippen LogP contribution in [-0.4, -0.2) is 44.0 Å². The molecule has 1 N–H and O–H groups in total. The van der Waals surface area contributed by atoms with Gasteiger partial charge in [0.05, 0.1) is 29.5 Å². The maximum absolute atomic E-state index is 14.1. The Bertz CT molecular complexity index is 1380. The van der Waals surface area contributed by atoms with Crippen LogP contribution in [0.3, 0.4) is 0 Å². The number of aryl methyl sites for hydroxylation is 1. The molecule has 0 saturated heterocycles. The van der Waals surface area contributed by atoms with Gasteiger partial charge in [-0.05, 0) is 38.1 Å². The lowest BCUT2D eigenvalue weighted by atomic mass is 9.80. The summed E-state index contributed by atoms with van der Waals surface area (Å²) in [5, 5.41) is 14.8. The smallest absolute Gasteiger partial charge is 0.308 e. The number of halogens is 3. The average Bonchev–Trinajstić information content (AvgIpc) is 3.45. The van der Waals surface area contributed by atoms with Crippen molar-refractivity contribution in [3.05, 3.63) is 76.5 Å². The fourth-order valence-electron chi connectivity index (χ4n) is 3.57. The maximum Gasteiger partial charge on any atom is 0.308 e. The molecule has 35 heavy (non-hydrogen) atoms. The largest absolute Gasteiger partial charge is 0.478 e. The lowest BCUT2D eigenvalue weighted by molar-refractivity contribution is 0.0912. The zero-order chi connectivity index (χ0) is 25.2. The minimum atomic E-state index is -0.911. The molecule has 4 aromatic rings. The molecule has 4 rings (SSSR count). The first-order valence-corrected chi connectivity index (χ1v) is 11.0. The standard InChI is InChI=1S/C23H21ClF2N6O3/c1-4-34-22-15(11-28-32(22)3)23(2,17-6-5-7-18(24)29-17)12-27-19(33)21-31-30-20(35-21)14-9-8-13(25)10-16(14)26/h5-11H,4,12H2,1-3H3,(H,27,33). The molecule has 0 radical (unpaired) electrons. The molecule has 1 unspecified atom stereocenters. The van der Waals surface area contributed by atoms with Crippen molar-refractivity contribution in [2.45, 2.75) is 19.3 Å². The van der Waals surface area contributed by atoms with Gasteiger partial charge in [0, 0.05) is 25.2 Å². The highest BCUT2D eigenvalue weighted by atomic mass is 35.5. The topological polar surface area (TPSA) is 108 Å². The van der Waals surface area contributed by atoms with Crippen molar-refractivity contribution < 1.29 is 22.7 Å². The SMILES string of the molecule is CCOc1c(C(C)(CNC(=O)c2nnc(-c3ccc(F)cc3F)o2)c2cccc(Cl)n2)cnn1C. The summed E-state index contributed by atoms with van der Waals surface area (Å²) < 4.78 is 40.0. The van der Waals surface area contributed by atoms with Crippen LogP contribution in [0.15, 0.2) is 47.0 Å². The monoisotopic (exact) mass is 502 g/mol. The number of hydrogen-bond acceptors (Lipinski definition) is 7. The highest BCUT2D eigenvalue weighted by Crippen LogP contribution is 2.37. The number of aromatic nitrogens is 5. The Kier molecular flexibility index (Phi) is 6.79. The number of hydrogen-bond donors (Lipinski definition) is 1. The molecule has 0 bridgehead atoms. The van der Waals surface area contributed by atoms with Gasteiger partial charge < -0.3 is 14.5 Å². The van der Waals surface area contributed by atoms with Gasteiger partial charge in [0.1, 0.15) is 16.8 Å². The summed E-state index contributed by atoms with van der Waals surface area (Å²) in [4.78, 5) is 17.3. The van der Waals surface area contributed by atoms with E-state index in [-0.39, 0.29) is 29.0 Å². The molecule has 0 aliphatic carbocycles. The van der Waals surface area contributed by atoms with Crippen LogP contribution in [-0.2, 0) is 12.5 Å². The number of ether oxygens (including phenoxy) is 1. The van der Waals surface area contributed by atoms with E-state index < -0.39 is 23.0 Å². The van der Waals surface area contributed by atoms with Crippen LogP contribution in [0.1, 0.15) is 35.8 Å². The first-order chi connectivity index (χ1) is 16.7. The summed E-state index contributed by atoms with van der Waals surface area (Å²) in [7, 11) is 1.74. The normalized spacial score (nSPS) is 12.9.